The number of aliphatic carboxylic acids is 1. The molecule has 0 bridgehead atoms. The smallest absolute Gasteiger partial charge is 0.328 e. The van der Waals surface area contributed by atoms with Gasteiger partial charge in [-0.15, -0.1) is 0 Å². The molecule has 0 aliphatic heterocycles. The van der Waals surface area contributed by atoms with E-state index in [1.165, 1.54) is 6.08 Å². The van der Waals surface area contributed by atoms with Crippen LogP contribution in [0, 0.1) is 13.8 Å². The van der Waals surface area contributed by atoms with Crippen LogP contribution in [0.4, 0.5) is 0 Å². The third kappa shape index (κ3) is 1.75. The summed E-state index contributed by atoms with van der Waals surface area (Å²) in [7, 11) is 0. The van der Waals surface area contributed by atoms with Crippen LogP contribution >= 0.6 is 0 Å². The average Bonchev–Trinajstić information content (AvgIpc) is 2.28. The van der Waals surface area contributed by atoms with Gasteiger partial charge in [-0.1, -0.05) is 0 Å². The molecule has 0 radical (unpaired) electrons. The number of carbonyl (C=O) groups is 1. The van der Waals surface area contributed by atoms with E-state index in [9.17, 15) is 4.79 Å². The molecule has 1 aromatic rings. The van der Waals surface area contributed by atoms with Gasteiger partial charge in [0.2, 0.25) is 0 Å². The van der Waals surface area contributed by atoms with Gasteiger partial charge in [0.25, 0.3) is 0 Å². The Balaban J connectivity index is 2.95. The predicted molar refractivity (Wildman–Crippen MR) is 44.9 cm³/mol. The van der Waals surface area contributed by atoms with E-state index in [1.54, 1.807) is 13.2 Å². The summed E-state index contributed by atoms with van der Waals surface area (Å²) in [4.78, 5) is 10.2. The highest BCUT2D eigenvalue weighted by Gasteiger charge is 2.02. The summed E-state index contributed by atoms with van der Waals surface area (Å²) in [5, 5.41) is 8.38. The molecular weight excluding hydrogens is 156 g/mol. The molecule has 0 fully saturated rings. The lowest BCUT2D eigenvalue weighted by Gasteiger charge is -1.89. The fourth-order valence-electron chi connectivity index (χ4n) is 0.985. The molecule has 0 aliphatic carbocycles. The van der Waals surface area contributed by atoms with Crippen LogP contribution in [0.25, 0.3) is 6.08 Å². The van der Waals surface area contributed by atoms with Crippen molar-refractivity contribution in [2.24, 2.45) is 0 Å². The summed E-state index contributed by atoms with van der Waals surface area (Å²) >= 11 is 0. The third-order valence-electron chi connectivity index (χ3n) is 1.61. The standard InChI is InChI=1S/C9H10O3/c1-6-5-12-7(2)8(6)3-4-9(10)11/h3-5H,1-2H3,(H,10,11)/b4-3+. The van der Waals surface area contributed by atoms with Gasteiger partial charge in [0, 0.05) is 11.6 Å². The van der Waals surface area contributed by atoms with Gasteiger partial charge in [0.15, 0.2) is 0 Å². The van der Waals surface area contributed by atoms with Crippen molar-refractivity contribution in [2.75, 3.05) is 0 Å². The molecule has 0 aromatic carbocycles. The van der Waals surface area contributed by atoms with E-state index < -0.39 is 5.97 Å². The lowest BCUT2D eigenvalue weighted by molar-refractivity contribution is -0.131. The molecule has 0 amide bonds. The summed E-state index contributed by atoms with van der Waals surface area (Å²) in [6, 6.07) is 0. The van der Waals surface area contributed by atoms with E-state index in [0.29, 0.717) is 0 Å². The Labute approximate surface area is 70.3 Å². The summed E-state index contributed by atoms with van der Waals surface area (Å²) in [5.41, 5.74) is 1.79. The third-order valence-corrected chi connectivity index (χ3v) is 1.61. The summed E-state index contributed by atoms with van der Waals surface area (Å²) in [6.07, 6.45) is 4.25. The fraction of sp³-hybridized carbons (Fsp3) is 0.222. The minimum atomic E-state index is -0.949. The maximum absolute atomic E-state index is 10.2. The van der Waals surface area contributed by atoms with Crippen LogP contribution in [0.1, 0.15) is 16.9 Å². The van der Waals surface area contributed by atoms with Crippen LogP contribution in [0.3, 0.4) is 0 Å². The molecule has 12 heavy (non-hydrogen) atoms. The van der Waals surface area contributed by atoms with Gasteiger partial charge in [0.05, 0.1) is 6.26 Å². The molecule has 0 saturated carbocycles. The van der Waals surface area contributed by atoms with E-state index in [-0.39, 0.29) is 0 Å². The van der Waals surface area contributed by atoms with Crippen molar-refractivity contribution in [3.63, 3.8) is 0 Å². The average molecular weight is 166 g/mol. The molecular formula is C9H10O3. The summed E-state index contributed by atoms with van der Waals surface area (Å²) < 4.78 is 5.08. The minimum absolute atomic E-state index is 0.741. The van der Waals surface area contributed by atoms with Crippen molar-refractivity contribution in [1.29, 1.82) is 0 Å². The zero-order valence-electron chi connectivity index (χ0n) is 7.00. The predicted octanol–water partition coefficient (Wildman–Crippen LogP) is 1.99. The molecule has 0 unspecified atom stereocenters. The topological polar surface area (TPSA) is 50.4 Å². The molecule has 1 aromatic heterocycles. The highest BCUT2D eigenvalue weighted by atomic mass is 16.4. The Morgan fingerprint density at radius 3 is 2.67 bits per heavy atom. The molecule has 0 aliphatic rings. The first-order chi connectivity index (χ1) is 5.61. The van der Waals surface area contributed by atoms with Crippen molar-refractivity contribution < 1.29 is 14.3 Å². The first-order valence-electron chi connectivity index (χ1n) is 3.57. The highest BCUT2D eigenvalue weighted by Crippen LogP contribution is 2.16. The van der Waals surface area contributed by atoms with Gasteiger partial charge in [0.1, 0.15) is 5.76 Å². The SMILES string of the molecule is Cc1coc(C)c1/C=C/C(=O)O. The van der Waals surface area contributed by atoms with E-state index in [0.717, 1.165) is 23.0 Å². The van der Waals surface area contributed by atoms with Crippen LogP contribution < -0.4 is 0 Å². The second-order valence-corrected chi connectivity index (χ2v) is 2.56. The lowest BCUT2D eigenvalue weighted by Crippen LogP contribution is -1.86. The number of furan rings is 1. The summed E-state index contributed by atoms with van der Waals surface area (Å²) in [6.45, 7) is 3.67. The van der Waals surface area contributed by atoms with E-state index in [2.05, 4.69) is 0 Å². The van der Waals surface area contributed by atoms with Crippen molar-refractivity contribution in [3.05, 3.63) is 29.2 Å². The number of hydrogen-bond acceptors (Lipinski definition) is 2. The van der Waals surface area contributed by atoms with E-state index in [1.807, 2.05) is 6.92 Å². The zero-order chi connectivity index (χ0) is 9.14. The van der Waals surface area contributed by atoms with Gasteiger partial charge >= 0.3 is 5.97 Å². The lowest BCUT2D eigenvalue weighted by atomic mass is 10.1. The molecule has 0 spiro atoms. The fourth-order valence-corrected chi connectivity index (χ4v) is 0.985. The molecule has 0 saturated heterocycles. The van der Waals surface area contributed by atoms with Crippen molar-refractivity contribution >= 4 is 12.0 Å². The first-order valence-corrected chi connectivity index (χ1v) is 3.57. The molecule has 3 heteroatoms. The van der Waals surface area contributed by atoms with Gasteiger partial charge in [-0.2, -0.15) is 0 Å². The number of aryl methyl sites for hydroxylation is 2. The van der Waals surface area contributed by atoms with E-state index in [4.69, 9.17) is 9.52 Å². The Morgan fingerprint density at radius 2 is 2.25 bits per heavy atom. The van der Waals surface area contributed by atoms with Crippen LogP contribution in [-0.4, -0.2) is 11.1 Å². The maximum atomic E-state index is 10.2. The Hall–Kier alpha value is -1.51. The van der Waals surface area contributed by atoms with Crippen molar-refractivity contribution in [2.45, 2.75) is 13.8 Å². The summed E-state index contributed by atoms with van der Waals surface area (Å²) in [5.74, 6) is -0.208. The number of rotatable bonds is 2. The van der Waals surface area contributed by atoms with Crippen LogP contribution in [0.2, 0.25) is 0 Å². The Kier molecular flexibility index (Phi) is 2.33. The second kappa shape index (κ2) is 3.26. The molecule has 3 nitrogen and oxygen atoms in total. The Bertz CT molecular complexity index is 301. The molecule has 1 rings (SSSR count). The quantitative estimate of drug-likeness (QED) is 0.683. The second-order valence-electron chi connectivity index (χ2n) is 2.56. The van der Waals surface area contributed by atoms with Gasteiger partial charge in [-0.3, -0.25) is 0 Å². The molecule has 1 N–H and O–H groups in total. The molecule has 1 heterocycles. The zero-order valence-corrected chi connectivity index (χ0v) is 7.00. The first kappa shape index (κ1) is 8.59. The Morgan fingerprint density at radius 1 is 1.58 bits per heavy atom. The molecule has 0 atom stereocenters. The van der Waals surface area contributed by atoms with E-state index >= 15 is 0 Å². The number of carboxylic acid groups (broad SMARTS) is 1. The highest BCUT2D eigenvalue weighted by molar-refractivity contribution is 5.85. The van der Waals surface area contributed by atoms with Gasteiger partial charge in [-0.05, 0) is 25.5 Å². The largest absolute Gasteiger partial charge is 0.478 e. The monoisotopic (exact) mass is 166 g/mol. The van der Waals surface area contributed by atoms with Crippen molar-refractivity contribution in [1.82, 2.24) is 0 Å². The van der Waals surface area contributed by atoms with Gasteiger partial charge < -0.3 is 9.52 Å². The van der Waals surface area contributed by atoms with Crippen LogP contribution in [-0.2, 0) is 4.79 Å². The minimum Gasteiger partial charge on any atom is -0.478 e. The number of hydrogen-bond donors (Lipinski definition) is 1. The normalized spacial score (nSPS) is 10.8. The molecule has 64 valence electrons. The van der Waals surface area contributed by atoms with Gasteiger partial charge in [-0.25, -0.2) is 4.79 Å². The maximum Gasteiger partial charge on any atom is 0.328 e. The number of carboxylic acids is 1. The van der Waals surface area contributed by atoms with Crippen molar-refractivity contribution in [3.8, 4) is 0 Å². The van der Waals surface area contributed by atoms with Crippen LogP contribution in [0.15, 0.2) is 16.8 Å². The van der Waals surface area contributed by atoms with Crippen LogP contribution in [0.5, 0.6) is 0 Å².